The number of nitrogens with zero attached hydrogens (tertiary/aromatic N) is 2. The smallest absolute Gasteiger partial charge is 0.311 e. The summed E-state index contributed by atoms with van der Waals surface area (Å²) in [4.78, 5) is 24.5. The first-order valence-electron chi connectivity index (χ1n) is 3.90. The zero-order chi connectivity index (χ0) is 11.4. The molecule has 0 bridgehead atoms. The fraction of sp³-hybridized carbons (Fsp3) is 0.250. The van der Waals surface area contributed by atoms with E-state index in [4.69, 9.17) is 11.6 Å². The maximum atomic E-state index is 10.9. The summed E-state index contributed by atoms with van der Waals surface area (Å²) in [6.45, 7) is 0. The Hall–Kier alpha value is -1.69. The molecule has 1 heterocycles. The van der Waals surface area contributed by atoms with E-state index in [9.17, 15) is 14.9 Å². The van der Waals surface area contributed by atoms with Crippen LogP contribution in [0.2, 0.25) is 5.02 Å². The van der Waals surface area contributed by atoms with E-state index in [-0.39, 0.29) is 22.8 Å². The third-order valence-corrected chi connectivity index (χ3v) is 1.93. The number of aromatic nitrogens is 1. The van der Waals surface area contributed by atoms with Crippen molar-refractivity contribution in [2.24, 2.45) is 0 Å². The molecule has 0 radical (unpaired) electrons. The number of hydrogen-bond acceptors (Lipinski definition) is 5. The van der Waals surface area contributed by atoms with Crippen LogP contribution in [0.4, 0.5) is 5.69 Å². The minimum atomic E-state index is -0.634. The zero-order valence-corrected chi connectivity index (χ0v) is 8.52. The molecule has 1 aromatic rings. The Labute approximate surface area is 90.0 Å². The van der Waals surface area contributed by atoms with Crippen molar-refractivity contribution in [1.82, 2.24) is 4.98 Å². The van der Waals surface area contributed by atoms with E-state index < -0.39 is 10.9 Å². The third-order valence-electron chi connectivity index (χ3n) is 1.64. The van der Waals surface area contributed by atoms with Crippen molar-refractivity contribution in [1.29, 1.82) is 0 Å². The summed E-state index contributed by atoms with van der Waals surface area (Å²) in [5.74, 6) is -0.515. The Bertz CT molecular complexity index is 408. The van der Waals surface area contributed by atoms with Gasteiger partial charge in [-0.1, -0.05) is 11.6 Å². The number of hydrogen-bond donors (Lipinski definition) is 0. The van der Waals surface area contributed by atoms with E-state index in [1.165, 1.54) is 7.11 Å². The van der Waals surface area contributed by atoms with Crippen molar-refractivity contribution in [3.63, 3.8) is 0 Å². The summed E-state index contributed by atoms with van der Waals surface area (Å²) in [5.41, 5.74) is -0.0245. The van der Waals surface area contributed by atoms with Gasteiger partial charge in [-0.05, 0) is 0 Å². The summed E-state index contributed by atoms with van der Waals surface area (Å²) < 4.78 is 4.40. The third kappa shape index (κ3) is 2.88. The van der Waals surface area contributed by atoms with E-state index in [1.54, 1.807) is 0 Å². The number of carbonyl (C=O) groups excluding carboxylic acids is 1. The highest BCUT2D eigenvalue weighted by atomic mass is 35.5. The van der Waals surface area contributed by atoms with Gasteiger partial charge in [0.15, 0.2) is 0 Å². The van der Waals surface area contributed by atoms with Crippen LogP contribution in [0.5, 0.6) is 0 Å². The number of nitro groups is 1. The molecule has 0 saturated carbocycles. The van der Waals surface area contributed by atoms with Crippen LogP contribution in [0.3, 0.4) is 0 Å². The van der Waals surface area contributed by atoms with Gasteiger partial charge in [-0.25, -0.2) is 0 Å². The van der Waals surface area contributed by atoms with Crippen LogP contribution in [0.25, 0.3) is 0 Å². The molecule has 0 fully saturated rings. The van der Waals surface area contributed by atoms with Gasteiger partial charge < -0.3 is 4.74 Å². The van der Waals surface area contributed by atoms with Crippen molar-refractivity contribution >= 4 is 23.3 Å². The molecule has 0 spiro atoms. The molecule has 0 aliphatic carbocycles. The van der Waals surface area contributed by atoms with Gasteiger partial charge in [-0.2, -0.15) is 0 Å². The lowest BCUT2D eigenvalue weighted by atomic mass is 10.2. The van der Waals surface area contributed by atoms with E-state index in [1.807, 2.05) is 0 Å². The Morgan fingerprint density at radius 2 is 2.40 bits per heavy atom. The number of rotatable bonds is 3. The minimum Gasteiger partial charge on any atom is -0.469 e. The molecule has 0 aliphatic heterocycles. The number of halogens is 1. The highest BCUT2D eigenvalue weighted by molar-refractivity contribution is 6.32. The predicted octanol–water partition coefficient (Wildman–Crippen LogP) is 1.36. The molecular weight excluding hydrogens is 224 g/mol. The van der Waals surface area contributed by atoms with Crippen molar-refractivity contribution in [2.45, 2.75) is 6.42 Å². The fourth-order valence-corrected chi connectivity index (χ4v) is 1.10. The maximum Gasteiger partial charge on any atom is 0.311 e. The van der Waals surface area contributed by atoms with Gasteiger partial charge in [0.25, 0.3) is 5.69 Å². The second-order valence-electron chi connectivity index (χ2n) is 2.64. The van der Waals surface area contributed by atoms with Crippen molar-refractivity contribution in [3.05, 3.63) is 33.1 Å². The molecule has 0 atom stereocenters. The molecule has 0 N–H and O–H groups in total. The average Bonchev–Trinajstić information content (AvgIpc) is 2.20. The number of carbonyl (C=O) groups is 1. The van der Waals surface area contributed by atoms with Crippen LogP contribution in [0.1, 0.15) is 5.69 Å². The van der Waals surface area contributed by atoms with Crippen LogP contribution < -0.4 is 0 Å². The second kappa shape index (κ2) is 4.70. The standard InChI is InChI=1S/C8H7ClN2O4/c1-15-8(12)3-5-2-7(11(13)14)6(9)4-10-5/h2,4H,3H2,1H3. The van der Waals surface area contributed by atoms with E-state index in [0.29, 0.717) is 0 Å². The lowest BCUT2D eigenvalue weighted by Crippen LogP contribution is -2.06. The van der Waals surface area contributed by atoms with Crippen LogP contribution in [-0.2, 0) is 16.0 Å². The summed E-state index contributed by atoms with van der Waals surface area (Å²) in [6.07, 6.45) is 1.02. The van der Waals surface area contributed by atoms with E-state index in [0.717, 1.165) is 12.3 Å². The van der Waals surface area contributed by atoms with Crippen LogP contribution >= 0.6 is 11.6 Å². The number of esters is 1. The lowest BCUT2D eigenvalue weighted by molar-refractivity contribution is -0.384. The van der Waals surface area contributed by atoms with Gasteiger partial charge in [0, 0.05) is 6.07 Å². The molecule has 0 amide bonds. The lowest BCUT2D eigenvalue weighted by Gasteiger charge is -2.00. The van der Waals surface area contributed by atoms with Crippen molar-refractivity contribution in [2.75, 3.05) is 7.11 Å². The Balaban J connectivity index is 2.97. The van der Waals surface area contributed by atoms with Gasteiger partial charge in [-0.15, -0.1) is 0 Å². The normalized spacial score (nSPS) is 9.73. The van der Waals surface area contributed by atoms with Gasteiger partial charge >= 0.3 is 5.97 Å². The Kier molecular flexibility index (Phi) is 3.56. The molecular formula is C8H7ClN2O4. The molecule has 15 heavy (non-hydrogen) atoms. The highest BCUT2D eigenvalue weighted by Gasteiger charge is 2.15. The molecule has 0 unspecified atom stereocenters. The average molecular weight is 231 g/mol. The quantitative estimate of drug-likeness (QED) is 0.445. The minimum absolute atomic E-state index is 0.0615. The first kappa shape index (κ1) is 11.4. The van der Waals surface area contributed by atoms with Gasteiger partial charge in [0.1, 0.15) is 5.02 Å². The Morgan fingerprint density at radius 3 is 2.93 bits per heavy atom. The van der Waals surface area contributed by atoms with Crippen molar-refractivity contribution < 1.29 is 14.5 Å². The number of methoxy groups -OCH3 is 1. The van der Waals surface area contributed by atoms with Gasteiger partial charge in [0.2, 0.25) is 0 Å². The topological polar surface area (TPSA) is 82.3 Å². The van der Waals surface area contributed by atoms with E-state index >= 15 is 0 Å². The van der Waals surface area contributed by atoms with Crippen LogP contribution in [-0.4, -0.2) is 23.0 Å². The first-order valence-corrected chi connectivity index (χ1v) is 4.28. The van der Waals surface area contributed by atoms with E-state index in [2.05, 4.69) is 9.72 Å². The molecule has 80 valence electrons. The summed E-state index contributed by atoms with van der Waals surface area (Å²) in [7, 11) is 1.23. The predicted molar refractivity (Wildman–Crippen MR) is 51.6 cm³/mol. The monoisotopic (exact) mass is 230 g/mol. The molecule has 1 aromatic heterocycles. The Morgan fingerprint density at radius 1 is 1.73 bits per heavy atom. The molecule has 0 saturated heterocycles. The SMILES string of the molecule is COC(=O)Cc1cc([N+](=O)[O-])c(Cl)cn1. The van der Waals surface area contributed by atoms with Crippen molar-refractivity contribution in [3.8, 4) is 0 Å². The molecule has 7 heteroatoms. The van der Waals surface area contributed by atoms with Crippen LogP contribution in [0, 0.1) is 10.1 Å². The molecule has 1 rings (SSSR count). The zero-order valence-electron chi connectivity index (χ0n) is 7.77. The highest BCUT2D eigenvalue weighted by Crippen LogP contribution is 2.23. The van der Waals surface area contributed by atoms with Gasteiger partial charge in [-0.3, -0.25) is 19.9 Å². The largest absolute Gasteiger partial charge is 0.469 e. The number of pyridine rings is 1. The van der Waals surface area contributed by atoms with Gasteiger partial charge in [0.05, 0.1) is 30.3 Å². The summed E-state index contributed by atoms with van der Waals surface area (Å²) >= 11 is 5.54. The maximum absolute atomic E-state index is 10.9. The first-order chi connectivity index (χ1) is 7.04. The molecule has 0 aromatic carbocycles. The van der Waals surface area contributed by atoms with Crippen LogP contribution in [0.15, 0.2) is 12.3 Å². The molecule has 6 nitrogen and oxygen atoms in total. The number of ether oxygens (including phenoxy) is 1. The second-order valence-corrected chi connectivity index (χ2v) is 3.04. The fourth-order valence-electron chi connectivity index (χ4n) is 0.926. The summed E-state index contributed by atoms with van der Waals surface area (Å²) in [6, 6.07) is 1.15. The molecule has 0 aliphatic rings. The summed E-state index contributed by atoms with van der Waals surface area (Å²) in [5, 5.41) is 10.4.